The predicted molar refractivity (Wildman–Crippen MR) is 76.8 cm³/mol. The largest absolute Gasteiger partial charge is 0.380 e. The molecule has 1 N–H and O–H groups in total. The zero-order chi connectivity index (χ0) is 15.5. The van der Waals surface area contributed by atoms with Gasteiger partial charge in [-0.1, -0.05) is 11.6 Å². The zero-order valence-electron chi connectivity index (χ0n) is 11.1. The lowest BCUT2D eigenvalue weighted by atomic mass is 10.3. The van der Waals surface area contributed by atoms with E-state index >= 15 is 0 Å². The van der Waals surface area contributed by atoms with Gasteiger partial charge in [0.05, 0.1) is 16.6 Å². The Morgan fingerprint density at radius 1 is 1.43 bits per heavy atom. The highest BCUT2D eigenvalue weighted by Gasteiger charge is 2.22. The van der Waals surface area contributed by atoms with Crippen molar-refractivity contribution in [1.29, 1.82) is 0 Å². The second kappa shape index (κ2) is 6.69. The normalized spacial score (nSPS) is 15.1. The summed E-state index contributed by atoms with van der Waals surface area (Å²) in [6.45, 7) is 0.982. The minimum absolute atomic E-state index is 0.0630. The molecule has 0 saturated heterocycles. The number of nitro benzene ring substituents is 1. The second-order valence-corrected chi connectivity index (χ2v) is 6.93. The van der Waals surface area contributed by atoms with Gasteiger partial charge in [-0.3, -0.25) is 10.1 Å². The molecule has 1 aliphatic rings. The van der Waals surface area contributed by atoms with Crippen LogP contribution in [-0.4, -0.2) is 33.1 Å². The van der Waals surface area contributed by atoms with E-state index in [1.165, 1.54) is 6.07 Å². The number of halogens is 1. The number of ether oxygens (including phenoxy) is 1. The van der Waals surface area contributed by atoms with Gasteiger partial charge in [-0.25, -0.2) is 13.1 Å². The van der Waals surface area contributed by atoms with Crippen LogP contribution in [0.1, 0.15) is 12.8 Å². The van der Waals surface area contributed by atoms with Crippen LogP contribution in [-0.2, 0) is 14.8 Å². The van der Waals surface area contributed by atoms with E-state index in [9.17, 15) is 18.5 Å². The van der Waals surface area contributed by atoms with Gasteiger partial charge >= 0.3 is 0 Å². The summed E-state index contributed by atoms with van der Waals surface area (Å²) in [6.07, 6.45) is 2.32. The molecule has 1 fully saturated rings. The van der Waals surface area contributed by atoms with Crippen LogP contribution in [0.15, 0.2) is 23.1 Å². The maximum absolute atomic E-state index is 12.1. The monoisotopic (exact) mass is 334 g/mol. The number of hydrogen-bond donors (Lipinski definition) is 1. The molecule has 2 rings (SSSR count). The Kier molecular flexibility index (Phi) is 5.15. The minimum Gasteiger partial charge on any atom is -0.380 e. The van der Waals surface area contributed by atoms with Crippen molar-refractivity contribution in [2.24, 2.45) is 5.92 Å². The molecule has 0 aliphatic heterocycles. The van der Waals surface area contributed by atoms with Crippen LogP contribution in [0.25, 0.3) is 0 Å². The summed E-state index contributed by atoms with van der Waals surface area (Å²) in [6, 6.07) is 3.29. The van der Waals surface area contributed by atoms with E-state index in [1.54, 1.807) is 0 Å². The maximum atomic E-state index is 12.1. The molecular weight excluding hydrogens is 320 g/mol. The van der Waals surface area contributed by atoms with E-state index in [4.69, 9.17) is 16.3 Å². The molecule has 9 heteroatoms. The highest BCUT2D eigenvalue weighted by atomic mass is 35.5. The first-order chi connectivity index (χ1) is 9.90. The van der Waals surface area contributed by atoms with Gasteiger partial charge in [0.25, 0.3) is 5.69 Å². The fourth-order valence-corrected chi connectivity index (χ4v) is 3.20. The van der Waals surface area contributed by atoms with Crippen LogP contribution < -0.4 is 4.72 Å². The standard InChI is InChI=1S/C12H15ClN2O5S/c13-11-4-3-10(15(16)17)7-12(11)21(18,19)14-5-6-20-8-9-1-2-9/h3-4,7,9,14H,1-2,5-6,8H2. The van der Waals surface area contributed by atoms with E-state index in [0.29, 0.717) is 12.5 Å². The van der Waals surface area contributed by atoms with E-state index in [2.05, 4.69) is 4.72 Å². The lowest BCUT2D eigenvalue weighted by molar-refractivity contribution is -0.385. The molecule has 21 heavy (non-hydrogen) atoms. The summed E-state index contributed by atoms with van der Waals surface area (Å²) < 4.78 is 31.8. The van der Waals surface area contributed by atoms with E-state index in [1.807, 2.05) is 0 Å². The van der Waals surface area contributed by atoms with Crippen LogP contribution in [0.3, 0.4) is 0 Å². The molecule has 1 aliphatic carbocycles. The lowest BCUT2D eigenvalue weighted by Crippen LogP contribution is -2.28. The molecule has 116 valence electrons. The number of nitrogens with zero attached hydrogens (tertiary/aromatic N) is 1. The Morgan fingerprint density at radius 2 is 2.14 bits per heavy atom. The smallest absolute Gasteiger partial charge is 0.270 e. The van der Waals surface area contributed by atoms with Crippen molar-refractivity contribution in [1.82, 2.24) is 4.72 Å². The third kappa shape index (κ3) is 4.63. The molecule has 0 amide bonds. The summed E-state index contributed by atoms with van der Waals surface area (Å²) in [5.74, 6) is 0.604. The number of nitrogens with one attached hydrogen (secondary N) is 1. The van der Waals surface area contributed by atoms with E-state index in [-0.39, 0.29) is 28.8 Å². The molecular formula is C12H15ClN2O5S. The van der Waals surface area contributed by atoms with Crippen molar-refractivity contribution < 1.29 is 18.1 Å². The fourth-order valence-electron chi connectivity index (χ4n) is 1.67. The number of benzene rings is 1. The summed E-state index contributed by atoms with van der Waals surface area (Å²) in [4.78, 5) is 9.71. The average Bonchev–Trinajstić information content (AvgIpc) is 3.22. The van der Waals surface area contributed by atoms with Gasteiger partial charge in [-0.2, -0.15) is 0 Å². The van der Waals surface area contributed by atoms with Crippen molar-refractivity contribution in [3.63, 3.8) is 0 Å². The molecule has 1 saturated carbocycles. The number of hydrogen-bond acceptors (Lipinski definition) is 5. The number of nitro groups is 1. The van der Waals surface area contributed by atoms with Crippen LogP contribution in [0.5, 0.6) is 0 Å². The highest BCUT2D eigenvalue weighted by Crippen LogP contribution is 2.28. The Bertz CT molecular complexity index is 631. The third-order valence-corrected chi connectivity index (χ3v) is 4.95. The molecule has 1 aromatic carbocycles. The topological polar surface area (TPSA) is 98.5 Å². The van der Waals surface area contributed by atoms with Gasteiger partial charge < -0.3 is 4.74 Å². The van der Waals surface area contributed by atoms with Crippen LogP contribution in [0.4, 0.5) is 5.69 Å². The molecule has 0 spiro atoms. The first-order valence-corrected chi connectivity index (χ1v) is 8.27. The maximum Gasteiger partial charge on any atom is 0.270 e. The zero-order valence-corrected chi connectivity index (χ0v) is 12.7. The van der Waals surface area contributed by atoms with Crippen molar-refractivity contribution >= 4 is 27.3 Å². The minimum atomic E-state index is -3.90. The molecule has 0 bridgehead atoms. The summed E-state index contributed by atoms with van der Waals surface area (Å²) in [7, 11) is -3.90. The molecule has 0 atom stereocenters. The third-order valence-electron chi connectivity index (χ3n) is 3.00. The Hall–Kier alpha value is -1.22. The number of non-ortho nitro benzene ring substituents is 1. The lowest BCUT2D eigenvalue weighted by Gasteiger charge is -2.08. The van der Waals surface area contributed by atoms with Gasteiger partial charge in [0.15, 0.2) is 0 Å². The first-order valence-electron chi connectivity index (χ1n) is 6.41. The molecule has 0 heterocycles. The van der Waals surface area contributed by atoms with Crippen LogP contribution in [0, 0.1) is 16.0 Å². The van der Waals surface area contributed by atoms with Crippen LogP contribution in [0.2, 0.25) is 5.02 Å². The Morgan fingerprint density at radius 3 is 2.76 bits per heavy atom. The fraction of sp³-hybridized carbons (Fsp3) is 0.500. The molecule has 1 aromatic rings. The predicted octanol–water partition coefficient (Wildman–Crippen LogP) is 1.95. The summed E-state index contributed by atoms with van der Waals surface area (Å²) >= 11 is 5.80. The van der Waals surface area contributed by atoms with Gasteiger partial charge in [0, 0.05) is 25.3 Å². The highest BCUT2D eigenvalue weighted by molar-refractivity contribution is 7.89. The molecule has 0 aromatic heterocycles. The Labute approximate surface area is 127 Å². The Balaban J connectivity index is 1.97. The van der Waals surface area contributed by atoms with Gasteiger partial charge in [0.1, 0.15) is 4.90 Å². The summed E-state index contributed by atoms with van der Waals surface area (Å²) in [5.41, 5.74) is -0.329. The van der Waals surface area contributed by atoms with Crippen LogP contribution >= 0.6 is 11.6 Å². The second-order valence-electron chi connectivity index (χ2n) is 4.79. The molecule has 7 nitrogen and oxygen atoms in total. The van der Waals surface area contributed by atoms with Crippen molar-refractivity contribution in [3.05, 3.63) is 33.3 Å². The SMILES string of the molecule is O=[N+]([O-])c1ccc(Cl)c(S(=O)(=O)NCCOCC2CC2)c1. The number of rotatable bonds is 8. The van der Waals surface area contributed by atoms with E-state index in [0.717, 1.165) is 25.0 Å². The quantitative estimate of drug-likeness (QED) is 0.445. The van der Waals surface area contributed by atoms with Crippen molar-refractivity contribution in [2.75, 3.05) is 19.8 Å². The van der Waals surface area contributed by atoms with E-state index < -0.39 is 14.9 Å². The van der Waals surface area contributed by atoms with Gasteiger partial charge in [-0.15, -0.1) is 0 Å². The van der Waals surface area contributed by atoms with Gasteiger partial charge in [0.2, 0.25) is 10.0 Å². The summed E-state index contributed by atoms with van der Waals surface area (Å²) in [5, 5.41) is 10.6. The van der Waals surface area contributed by atoms with Crippen molar-refractivity contribution in [3.8, 4) is 0 Å². The number of sulfonamides is 1. The average molecular weight is 335 g/mol. The molecule has 0 radical (unpaired) electrons. The molecule has 0 unspecified atom stereocenters. The first kappa shape index (κ1) is 16.2. The van der Waals surface area contributed by atoms with Gasteiger partial charge in [-0.05, 0) is 24.8 Å². The van der Waals surface area contributed by atoms with Crippen molar-refractivity contribution in [2.45, 2.75) is 17.7 Å².